The number of anilines is 2. The highest BCUT2D eigenvalue weighted by molar-refractivity contribution is 6.01. The van der Waals surface area contributed by atoms with Gasteiger partial charge in [0.1, 0.15) is 0 Å². The lowest BCUT2D eigenvalue weighted by atomic mass is 10.00. The van der Waals surface area contributed by atoms with E-state index in [1.807, 2.05) is 66.7 Å². The predicted octanol–water partition coefficient (Wildman–Crippen LogP) is 5.86. The predicted molar refractivity (Wildman–Crippen MR) is 120 cm³/mol. The van der Waals surface area contributed by atoms with E-state index < -0.39 is 0 Å². The summed E-state index contributed by atoms with van der Waals surface area (Å²) in [5.74, 6) is 0.00878. The van der Waals surface area contributed by atoms with Crippen molar-refractivity contribution in [3.63, 3.8) is 0 Å². The number of nitrogens with one attached hydrogen (secondary N) is 1. The van der Waals surface area contributed by atoms with E-state index in [0.29, 0.717) is 0 Å². The van der Waals surface area contributed by atoms with Crippen LogP contribution in [-0.2, 0) is 4.79 Å². The van der Waals surface area contributed by atoms with Crippen molar-refractivity contribution in [3.05, 3.63) is 109 Å². The van der Waals surface area contributed by atoms with Crippen LogP contribution in [0.25, 0.3) is 10.8 Å². The van der Waals surface area contributed by atoms with Crippen molar-refractivity contribution >= 4 is 28.1 Å². The lowest BCUT2D eigenvalue weighted by Crippen LogP contribution is -2.36. The van der Waals surface area contributed by atoms with Crippen LogP contribution in [0.15, 0.2) is 103 Å². The highest BCUT2D eigenvalue weighted by atomic mass is 16.2. The molecule has 29 heavy (non-hydrogen) atoms. The summed E-state index contributed by atoms with van der Waals surface area (Å²) in [4.78, 5) is 15.0. The lowest BCUT2D eigenvalue weighted by molar-refractivity contribution is -0.117. The van der Waals surface area contributed by atoms with Crippen molar-refractivity contribution < 1.29 is 4.79 Å². The summed E-state index contributed by atoms with van der Waals surface area (Å²) < 4.78 is 0. The van der Waals surface area contributed by atoms with Gasteiger partial charge in [-0.25, -0.2) is 0 Å². The van der Waals surface area contributed by atoms with Gasteiger partial charge in [-0.1, -0.05) is 78.9 Å². The Morgan fingerprint density at radius 3 is 1.97 bits per heavy atom. The number of benzene rings is 4. The molecule has 3 heteroatoms. The second-order valence-corrected chi connectivity index (χ2v) is 7.07. The molecule has 1 atom stereocenters. The van der Waals surface area contributed by atoms with E-state index in [1.54, 1.807) is 4.90 Å². The highest BCUT2D eigenvalue weighted by Crippen LogP contribution is 2.26. The summed E-state index contributed by atoms with van der Waals surface area (Å²) >= 11 is 0. The zero-order valence-corrected chi connectivity index (χ0v) is 16.5. The molecule has 4 rings (SSSR count). The van der Waals surface area contributed by atoms with Crippen LogP contribution in [0.1, 0.15) is 18.5 Å². The zero-order valence-electron chi connectivity index (χ0n) is 16.5. The minimum absolute atomic E-state index is 0.00878. The van der Waals surface area contributed by atoms with Gasteiger partial charge in [-0.05, 0) is 47.5 Å². The first-order valence-corrected chi connectivity index (χ1v) is 9.88. The number of carbonyl (C=O) groups is 1. The van der Waals surface area contributed by atoms with Gasteiger partial charge in [0.05, 0.1) is 6.54 Å². The molecule has 0 unspecified atom stereocenters. The molecule has 0 aliphatic heterocycles. The van der Waals surface area contributed by atoms with Gasteiger partial charge >= 0.3 is 0 Å². The van der Waals surface area contributed by atoms with E-state index in [2.05, 4.69) is 48.6 Å². The molecule has 0 spiro atoms. The maximum atomic E-state index is 13.2. The van der Waals surface area contributed by atoms with E-state index in [4.69, 9.17) is 0 Å². The summed E-state index contributed by atoms with van der Waals surface area (Å²) in [5, 5.41) is 5.84. The Morgan fingerprint density at radius 1 is 0.759 bits per heavy atom. The third kappa shape index (κ3) is 4.20. The van der Waals surface area contributed by atoms with Gasteiger partial charge in [0.2, 0.25) is 5.91 Å². The first-order chi connectivity index (χ1) is 14.2. The van der Waals surface area contributed by atoms with Gasteiger partial charge in [0.15, 0.2) is 0 Å². The van der Waals surface area contributed by atoms with Crippen molar-refractivity contribution in [3.8, 4) is 0 Å². The Morgan fingerprint density at radius 2 is 1.31 bits per heavy atom. The smallest absolute Gasteiger partial charge is 0.245 e. The second-order valence-electron chi connectivity index (χ2n) is 7.07. The molecule has 1 amide bonds. The van der Waals surface area contributed by atoms with Crippen LogP contribution < -0.4 is 10.2 Å². The third-order valence-electron chi connectivity index (χ3n) is 5.13. The zero-order chi connectivity index (χ0) is 20.1. The molecule has 0 fully saturated rings. The van der Waals surface area contributed by atoms with Crippen LogP contribution in [0, 0.1) is 0 Å². The average Bonchev–Trinajstić information content (AvgIpc) is 2.79. The number of carbonyl (C=O) groups excluding carboxylic acids is 1. The number of para-hydroxylation sites is 2. The van der Waals surface area contributed by atoms with Gasteiger partial charge in [0.25, 0.3) is 0 Å². The minimum Gasteiger partial charge on any atom is -0.302 e. The summed E-state index contributed by atoms with van der Waals surface area (Å²) in [7, 11) is 0. The van der Waals surface area contributed by atoms with Crippen LogP contribution in [-0.4, -0.2) is 12.5 Å². The Hall–Kier alpha value is -3.43. The van der Waals surface area contributed by atoms with E-state index >= 15 is 0 Å². The molecule has 0 heterocycles. The lowest BCUT2D eigenvalue weighted by Gasteiger charge is -2.24. The van der Waals surface area contributed by atoms with Crippen molar-refractivity contribution in [1.82, 2.24) is 5.32 Å². The monoisotopic (exact) mass is 380 g/mol. The normalized spacial score (nSPS) is 11.9. The van der Waals surface area contributed by atoms with Crippen molar-refractivity contribution in [1.29, 1.82) is 0 Å². The van der Waals surface area contributed by atoms with Gasteiger partial charge in [-0.15, -0.1) is 0 Å². The van der Waals surface area contributed by atoms with Crippen LogP contribution >= 0.6 is 0 Å². The molecule has 0 saturated carbocycles. The van der Waals surface area contributed by atoms with Gasteiger partial charge < -0.3 is 5.32 Å². The molecule has 0 aromatic heterocycles. The first-order valence-electron chi connectivity index (χ1n) is 9.88. The fraction of sp³-hybridized carbons (Fsp3) is 0.115. The molecule has 4 aromatic rings. The molecule has 0 aliphatic rings. The summed E-state index contributed by atoms with van der Waals surface area (Å²) in [6, 6.07) is 34.2. The fourth-order valence-corrected chi connectivity index (χ4v) is 3.65. The quantitative estimate of drug-likeness (QED) is 0.455. The molecule has 0 bridgehead atoms. The molecule has 3 nitrogen and oxygen atoms in total. The maximum Gasteiger partial charge on any atom is 0.245 e. The molecule has 0 aliphatic carbocycles. The number of rotatable bonds is 6. The van der Waals surface area contributed by atoms with E-state index in [0.717, 1.165) is 11.4 Å². The number of hydrogen-bond acceptors (Lipinski definition) is 2. The minimum atomic E-state index is 0.00878. The maximum absolute atomic E-state index is 13.2. The molecule has 144 valence electrons. The Bertz CT molecular complexity index is 1050. The standard InChI is InChI=1S/C26H24N2O/c1-20(24-18-10-12-21-11-8-9-17-25(21)24)27-19-26(29)28(22-13-4-2-5-14-22)23-15-6-3-7-16-23/h2-18,20,27H,19H2,1H3/t20-/m1/s1. The summed E-state index contributed by atoms with van der Waals surface area (Å²) in [6.07, 6.45) is 0. The van der Waals surface area contributed by atoms with E-state index in [1.165, 1.54) is 16.3 Å². The molecular weight excluding hydrogens is 356 g/mol. The van der Waals surface area contributed by atoms with Crippen molar-refractivity contribution in [2.24, 2.45) is 0 Å². The van der Waals surface area contributed by atoms with Gasteiger partial charge in [0, 0.05) is 17.4 Å². The van der Waals surface area contributed by atoms with Crippen LogP contribution in [0.2, 0.25) is 0 Å². The van der Waals surface area contributed by atoms with Gasteiger partial charge in [-0.2, -0.15) is 0 Å². The van der Waals surface area contributed by atoms with Crippen LogP contribution in [0.4, 0.5) is 11.4 Å². The number of hydrogen-bond donors (Lipinski definition) is 1. The highest BCUT2D eigenvalue weighted by Gasteiger charge is 2.19. The first kappa shape index (κ1) is 18.9. The Balaban J connectivity index is 1.55. The second kappa shape index (κ2) is 8.72. The largest absolute Gasteiger partial charge is 0.302 e. The fourth-order valence-electron chi connectivity index (χ4n) is 3.65. The number of nitrogens with zero attached hydrogens (tertiary/aromatic N) is 1. The van der Waals surface area contributed by atoms with E-state index in [9.17, 15) is 4.79 Å². The number of fused-ring (bicyclic) bond motifs is 1. The SMILES string of the molecule is C[C@@H](NCC(=O)N(c1ccccc1)c1ccccc1)c1cccc2ccccc12. The Labute approximate surface area is 171 Å². The van der Waals surface area contributed by atoms with E-state index in [-0.39, 0.29) is 18.5 Å². The van der Waals surface area contributed by atoms with Crippen molar-refractivity contribution in [2.75, 3.05) is 11.4 Å². The summed E-state index contributed by atoms with van der Waals surface area (Å²) in [6.45, 7) is 2.35. The molecule has 0 saturated heterocycles. The number of amides is 1. The molecule has 1 N–H and O–H groups in total. The molecular formula is C26H24N2O. The topological polar surface area (TPSA) is 32.3 Å². The van der Waals surface area contributed by atoms with Gasteiger partial charge in [-0.3, -0.25) is 9.69 Å². The molecule has 0 radical (unpaired) electrons. The molecule has 4 aromatic carbocycles. The van der Waals surface area contributed by atoms with Crippen LogP contribution in [0.3, 0.4) is 0 Å². The van der Waals surface area contributed by atoms with Crippen molar-refractivity contribution in [2.45, 2.75) is 13.0 Å². The third-order valence-corrected chi connectivity index (χ3v) is 5.13. The average molecular weight is 380 g/mol. The summed E-state index contributed by atoms with van der Waals surface area (Å²) in [5.41, 5.74) is 2.92. The Kier molecular flexibility index (Phi) is 5.68. The van der Waals surface area contributed by atoms with Crippen LogP contribution in [0.5, 0.6) is 0 Å².